The zero-order valence-corrected chi connectivity index (χ0v) is 19.6. The van der Waals surface area contributed by atoms with Crippen LogP contribution in [0.15, 0.2) is 72.8 Å². The minimum atomic E-state index is -0.513. The molecule has 0 radical (unpaired) electrons. The molecule has 0 spiro atoms. The maximum atomic E-state index is 12.6. The Hall–Kier alpha value is -3.40. The van der Waals surface area contributed by atoms with Gasteiger partial charge in [0.05, 0.1) is 11.1 Å². The van der Waals surface area contributed by atoms with E-state index in [1.165, 1.54) is 6.07 Å². The molecule has 3 aromatic rings. The van der Waals surface area contributed by atoms with E-state index in [1.807, 2.05) is 24.3 Å². The van der Waals surface area contributed by atoms with E-state index in [-0.39, 0.29) is 16.6 Å². The van der Waals surface area contributed by atoms with Gasteiger partial charge in [-0.25, -0.2) is 9.59 Å². The second kappa shape index (κ2) is 8.99. The lowest BCUT2D eigenvalue weighted by molar-refractivity contribution is 0.0714. The van der Waals surface area contributed by atoms with Gasteiger partial charge in [0.25, 0.3) is 0 Å². The van der Waals surface area contributed by atoms with E-state index in [0.717, 1.165) is 11.1 Å². The number of ether oxygens (including phenoxy) is 2. The van der Waals surface area contributed by atoms with Gasteiger partial charge in [0, 0.05) is 0 Å². The van der Waals surface area contributed by atoms with Crippen LogP contribution in [0.1, 0.15) is 73.4 Å². The second-order valence-electron chi connectivity index (χ2n) is 9.91. The Labute approximate surface area is 190 Å². The summed E-state index contributed by atoms with van der Waals surface area (Å²) in [5, 5.41) is 0. The van der Waals surface area contributed by atoms with Gasteiger partial charge in [-0.2, -0.15) is 0 Å². The van der Waals surface area contributed by atoms with Gasteiger partial charge in [0.15, 0.2) is 0 Å². The molecule has 0 heterocycles. The Morgan fingerprint density at radius 2 is 1.03 bits per heavy atom. The van der Waals surface area contributed by atoms with Crippen molar-refractivity contribution in [1.29, 1.82) is 0 Å². The number of hydrogen-bond donors (Lipinski definition) is 0. The van der Waals surface area contributed by atoms with Crippen LogP contribution in [0.25, 0.3) is 0 Å². The van der Waals surface area contributed by atoms with Gasteiger partial charge in [0.2, 0.25) is 0 Å². The molecule has 0 atom stereocenters. The molecule has 0 unspecified atom stereocenters. The largest absolute Gasteiger partial charge is 0.423 e. The van der Waals surface area contributed by atoms with Crippen molar-refractivity contribution in [2.24, 2.45) is 0 Å². The molecule has 0 amide bonds. The summed E-state index contributed by atoms with van der Waals surface area (Å²) in [6.07, 6.45) is 0. The molecule has 0 N–H and O–H groups in total. The van der Waals surface area contributed by atoms with Crippen molar-refractivity contribution in [3.63, 3.8) is 0 Å². The fourth-order valence-corrected chi connectivity index (χ4v) is 3.15. The molecule has 4 heteroatoms. The lowest BCUT2D eigenvalue weighted by Crippen LogP contribution is -2.13. The summed E-state index contributed by atoms with van der Waals surface area (Å²) in [5.41, 5.74) is 3.07. The van der Waals surface area contributed by atoms with Crippen LogP contribution in [0.2, 0.25) is 0 Å². The fraction of sp³-hybridized carbons (Fsp3) is 0.286. The molecule has 32 heavy (non-hydrogen) atoms. The van der Waals surface area contributed by atoms with Gasteiger partial charge < -0.3 is 9.47 Å². The van der Waals surface area contributed by atoms with Crippen molar-refractivity contribution >= 4 is 11.9 Å². The third kappa shape index (κ3) is 5.85. The number of esters is 2. The molecule has 3 rings (SSSR count). The number of carbonyl (C=O) groups is 2. The van der Waals surface area contributed by atoms with E-state index in [0.29, 0.717) is 16.9 Å². The molecular formula is C28H30O4. The highest BCUT2D eigenvalue weighted by molar-refractivity contribution is 5.93. The molecule has 166 valence electrons. The number of rotatable bonds is 4. The smallest absolute Gasteiger partial charge is 0.343 e. The van der Waals surface area contributed by atoms with Gasteiger partial charge in [-0.15, -0.1) is 0 Å². The van der Waals surface area contributed by atoms with Gasteiger partial charge in [-0.05, 0) is 64.4 Å². The van der Waals surface area contributed by atoms with E-state index in [1.54, 1.807) is 42.5 Å². The normalized spacial score (nSPS) is 11.7. The van der Waals surface area contributed by atoms with Gasteiger partial charge >= 0.3 is 11.9 Å². The average Bonchev–Trinajstić information content (AvgIpc) is 2.73. The highest BCUT2D eigenvalue weighted by Crippen LogP contribution is 2.25. The van der Waals surface area contributed by atoms with Crippen LogP contribution in [-0.4, -0.2) is 11.9 Å². The van der Waals surface area contributed by atoms with E-state index in [4.69, 9.17) is 9.47 Å². The van der Waals surface area contributed by atoms with Crippen LogP contribution in [-0.2, 0) is 10.8 Å². The van der Waals surface area contributed by atoms with E-state index >= 15 is 0 Å². The van der Waals surface area contributed by atoms with Crippen LogP contribution in [0.5, 0.6) is 11.5 Å². The van der Waals surface area contributed by atoms with E-state index in [2.05, 4.69) is 41.5 Å². The molecule has 0 bridgehead atoms. The quantitative estimate of drug-likeness (QED) is 0.340. The highest BCUT2D eigenvalue weighted by Gasteiger charge is 2.17. The maximum absolute atomic E-state index is 12.6. The molecular weight excluding hydrogens is 400 g/mol. The van der Waals surface area contributed by atoms with Crippen LogP contribution in [0.4, 0.5) is 0 Å². The van der Waals surface area contributed by atoms with Crippen molar-refractivity contribution in [2.45, 2.75) is 52.4 Å². The van der Waals surface area contributed by atoms with Crippen LogP contribution in [0, 0.1) is 0 Å². The van der Waals surface area contributed by atoms with Crippen molar-refractivity contribution < 1.29 is 19.1 Å². The molecule has 0 aliphatic rings. The maximum Gasteiger partial charge on any atom is 0.343 e. The SMILES string of the molecule is CC(C)(C)c1ccc(OC(=O)c2cccc(OC(=O)c3ccc(C(C)(C)C)cc3)c2)cc1. The molecule has 0 saturated carbocycles. The Morgan fingerprint density at radius 3 is 1.56 bits per heavy atom. The first-order valence-corrected chi connectivity index (χ1v) is 10.7. The molecule has 0 aliphatic carbocycles. The second-order valence-corrected chi connectivity index (χ2v) is 9.91. The third-order valence-corrected chi connectivity index (χ3v) is 5.20. The molecule has 0 aromatic heterocycles. The lowest BCUT2D eigenvalue weighted by atomic mass is 9.87. The number of hydrogen-bond acceptors (Lipinski definition) is 4. The predicted molar refractivity (Wildman–Crippen MR) is 127 cm³/mol. The fourth-order valence-electron chi connectivity index (χ4n) is 3.15. The Balaban J connectivity index is 1.68. The van der Waals surface area contributed by atoms with Crippen molar-refractivity contribution in [3.05, 3.63) is 95.1 Å². The van der Waals surface area contributed by atoms with Gasteiger partial charge in [0.1, 0.15) is 11.5 Å². The Bertz CT molecular complexity index is 1100. The zero-order chi connectivity index (χ0) is 23.5. The van der Waals surface area contributed by atoms with E-state index in [9.17, 15) is 9.59 Å². The summed E-state index contributed by atoms with van der Waals surface area (Å²) in [5.74, 6) is -0.244. The summed E-state index contributed by atoms with van der Waals surface area (Å²) >= 11 is 0. The minimum Gasteiger partial charge on any atom is -0.423 e. The summed E-state index contributed by atoms with van der Waals surface area (Å²) < 4.78 is 11.0. The first kappa shape index (κ1) is 23.3. The molecule has 0 saturated heterocycles. The van der Waals surface area contributed by atoms with Crippen molar-refractivity contribution in [2.75, 3.05) is 0 Å². The van der Waals surface area contributed by atoms with E-state index < -0.39 is 11.9 Å². The minimum absolute atomic E-state index is 0.00416. The highest BCUT2D eigenvalue weighted by atomic mass is 16.5. The first-order valence-electron chi connectivity index (χ1n) is 10.7. The lowest BCUT2D eigenvalue weighted by Gasteiger charge is -2.19. The average molecular weight is 431 g/mol. The molecule has 4 nitrogen and oxygen atoms in total. The molecule has 0 fully saturated rings. The first-order chi connectivity index (χ1) is 14.9. The van der Waals surface area contributed by atoms with Crippen LogP contribution in [0.3, 0.4) is 0 Å². The Morgan fingerprint density at radius 1 is 0.562 bits per heavy atom. The van der Waals surface area contributed by atoms with Crippen molar-refractivity contribution in [3.8, 4) is 11.5 Å². The van der Waals surface area contributed by atoms with Crippen LogP contribution >= 0.6 is 0 Å². The van der Waals surface area contributed by atoms with Gasteiger partial charge in [-0.1, -0.05) is 71.9 Å². The topological polar surface area (TPSA) is 52.6 Å². The predicted octanol–water partition coefficient (Wildman–Crippen LogP) is 6.72. The number of carbonyl (C=O) groups excluding carboxylic acids is 2. The van der Waals surface area contributed by atoms with Crippen molar-refractivity contribution in [1.82, 2.24) is 0 Å². The summed E-state index contributed by atoms with van der Waals surface area (Å²) in [6, 6.07) is 21.2. The summed E-state index contributed by atoms with van der Waals surface area (Å²) in [7, 11) is 0. The zero-order valence-electron chi connectivity index (χ0n) is 19.6. The van der Waals surface area contributed by atoms with Gasteiger partial charge in [-0.3, -0.25) is 0 Å². The Kier molecular flexibility index (Phi) is 6.54. The van der Waals surface area contributed by atoms with Crippen LogP contribution < -0.4 is 9.47 Å². The summed E-state index contributed by atoms with van der Waals surface area (Å²) in [4.78, 5) is 25.1. The monoisotopic (exact) mass is 430 g/mol. The third-order valence-electron chi connectivity index (χ3n) is 5.20. The molecule has 3 aromatic carbocycles. The molecule has 0 aliphatic heterocycles. The summed E-state index contributed by atoms with van der Waals surface area (Å²) in [6.45, 7) is 12.7. The standard InChI is InChI=1S/C28H30O4/c1-27(2,3)21-12-10-19(11-13-21)25(29)32-24-9-7-8-20(18-24)26(30)31-23-16-14-22(15-17-23)28(4,5)6/h7-18H,1-6H3. The number of benzene rings is 3.